The number of halogens is 5. The van der Waals surface area contributed by atoms with Gasteiger partial charge in [0.2, 0.25) is 0 Å². The van der Waals surface area contributed by atoms with Gasteiger partial charge in [-0.15, -0.1) is 13.2 Å². The van der Waals surface area contributed by atoms with E-state index in [2.05, 4.69) is 37.0 Å². The highest BCUT2D eigenvalue weighted by molar-refractivity contribution is 9.11. The first-order chi connectivity index (χ1) is 13.6. The summed E-state index contributed by atoms with van der Waals surface area (Å²) in [4.78, 5) is 12.1. The third-order valence-corrected chi connectivity index (χ3v) is 5.39. The molecule has 0 aliphatic rings. The topological polar surface area (TPSA) is 66.6 Å². The first kappa shape index (κ1) is 21.4. The molecule has 3 rings (SSSR count). The van der Waals surface area contributed by atoms with Crippen LogP contribution in [0.25, 0.3) is 11.3 Å². The SMILES string of the molecule is CN(C(=O)c1noc(-c2cc(Br)c(O)c(Br)c2)c1Cc1ccccc1)C(F)(F)F. The van der Waals surface area contributed by atoms with Crippen LogP contribution in [0, 0.1) is 0 Å². The number of alkyl halides is 3. The molecule has 1 heterocycles. The van der Waals surface area contributed by atoms with Gasteiger partial charge < -0.3 is 9.63 Å². The number of rotatable bonds is 4. The van der Waals surface area contributed by atoms with E-state index in [1.807, 2.05) is 0 Å². The molecule has 1 amide bonds. The molecule has 0 bridgehead atoms. The van der Waals surface area contributed by atoms with Gasteiger partial charge in [-0.1, -0.05) is 35.5 Å². The molecule has 0 saturated carbocycles. The Morgan fingerprint density at radius 1 is 1.17 bits per heavy atom. The monoisotopic (exact) mass is 532 g/mol. The van der Waals surface area contributed by atoms with Crippen molar-refractivity contribution >= 4 is 37.8 Å². The molecule has 1 aromatic heterocycles. The Labute approximate surface area is 180 Å². The molecule has 3 aromatic rings. The fraction of sp³-hybridized carbons (Fsp3) is 0.158. The zero-order valence-electron chi connectivity index (χ0n) is 14.8. The molecule has 0 fully saturated rings. The van der Waals surface area contributed by atoms with E-state index < -0.39 is 17.9 Å². The van der Waals surface area contributed by atoms with Crippen LogP contribution < -0.4 is 0 Å². The van der Waals surface area contributed by atoms with Crippen LogP contribution in [-0.4, -0.2) is 34.4 Å². The number of nitrogens with zero attached hydrogens (tertiary/aromatic N) is 2. The highest BCUT2D eigenvalue weighted by Gasteiger charge is 2.40. The van der Waals surface area contributed by atoms with Crippen LogP contribution in [0.15, 0.2) is 55.9 Å². The van der Waals surface area contributed by atoms with E-state index >= 15 is 0 Å². The lowest BCUT2D eigenvalue weighted by atomic mass is 9.99. The van der Waals surface area contributed by atoms with Gasteiger partial charge in [0.25, 0.3) is 5.91 Å². The van der Waals surface area contributed by atoms with Crippen LogP contribution in [0.4, 0.5) is 13.2 Å². The molecular weight excluding hydrogens is 521 g/mol. The number of hydrogen-bond donors (Lipinski definition) is 1. The van der Waals surface area contributed by atoms with Gasteiger partial charge in [0, 0.05) is 24.6 Å². The van der Waals surface area contributed by atoms with Crippen LogP contribution in [-0.2, 0) is 6.42 Å². The van der Waals surface area contributed by atoms with Crippen molar-refractivity contribution < 1.29 is 27.6 Å². The lowest BCUT2D eigenvalue weighted by molar-refractivity contribution is -0.216. The Bertz CT molecular complexity index is 1030. The molecule has 0 radical (unpaired) electrons. The van der Waals surface area contributed by atoms with Crippen LogP contribution in [0.1, 0.15) is 21.6 Å². The van der Waals surface area contributed by atoms with E-state index in [4.69, 9.17) is 4.52 Å². The highest BCUT2D eigenvalue weighted by atomic mass is 79.9. The summed E-state index contributed by atoms with van der Waals surface area (Å²) < 4.78 is 45.1. The second-order valence-corrected chi connectivity index (χ2v) is 7.83. The number of benzene rings is 2. The third-order valence-electron chi connectivity index (χ3n) is 4.18. The summed E-state index contributed by atoms with van der Waals surface area (Å²) in [5, 5.41) is 13.6. The minimum absolute atomic E-state index is 0.0500. The summed E-state index contributed by atoms with van der Waals surface area (Å²) in [6.45, 7) is 0. The van der Waals surface area contributed by atoms with E-state index in [1.165, 1.54) is 12.1 Å². The number of carbonyl (C=O) groups excluding carboxylic acids is 1. The second-order valence-electron chi connectivity index (χ2n) is 6.12. The van der Waals surface area contributed by atoms with Crippen molar-refractivity contribution in [3.63, 3.8) is 0 Å². The molecule has 0 spiro atoms. The second kappa shape index (κ2) is 8.19. The van der Waals surface area contributed by atoms with Crippen LogP contribution in [0.2, 0.25) is 0 Å². The molecule has 5 nitrogen and oxygen atoms in total. The fourth-order valence-corrected chi connectivity index (χ4v) is 3.83. The van der Waals surface area contributed by atoms with Gasteiger partial charge in [0.15, 0.2) is 11.5 Å². The third kappa shape index (κ3) is 4.48. The smallest absolute Gasteiger partial charge is 0.487 e. The fourth-order valence-electron chi connectivity index (χ4n) is 2.64. The van der Waals surface area contributed by atoms with Gasteiger partial charge in [-0.2, -0.15) is 0 Å². The Morgan fingerprint density at radius 3 is 2.31 bits per heavy atom. The summed E-state index contributed by atoms with van der Waals surface area (Å²) in [6.07, 6.45) is -4.73. The highest BCUT2D eigenvalue weighted by Crippen LogP contribution is 2.39. The van der Waals surface area contributed by atoms with Crippen molar-refractivity contribution in [2.45, 2.75) is 12.7 Å². The Kier molecular flexibility index (Phi) is 6.04. The Hall–Kier alpha value is -2.33. The molecule has 152 valence electrons. The minimum atomic E-state index is -4.86. The lowest BCUT2D eigenvalue weighted by Gasteiger charge is -2.19. The molecule has 2 aromatic carbocycles. The maximum Gasteiger partial charge on any atom is 0.487 e. The number of phenolic OH excluding ortho intramolecular Hbond substituents is 1. The number of hydrogen-bond acceptors (Lipinski definition) is 4. The number of aromatic hydroxyl groups is 1. The molecule has 0 saturated heterocycles. The summed E-state index contributed by atoms with van der Waals surface area (Å²) in [7, 11) is 0.636. The van der Waals surface area contributed by atoms with Crippen molar-refractivity contribution in [2.75, 3.05) is 7.05 Å². The maximum atomic E-state index is 13.0. The predicted molar refractivity (Wildman–Crippen MR) is 106 cm³/mol. The predicted octanol–water partition coefficient (Wildman–Crippen LogP) is 5.75. The van der Waals surface area contributed by atoms with E-state index in [0.29, 0.717) is 21.6 Å². The zero-order valence-corrected chi connectivity index (χ0v) is 18.0. The summed E-state index contributed by atoms with van der Waals surface area (Å²) >= 11 is 6.41. The van der Waals surface area contributed by atoms with Crippen molar-refractivity contribution in [1.82, 2.24) is 10.1 Å². The van der Waals surface area contributed by atoms with Gasteiger partial charge in [0.1, 0.15) is 5.75 Å². The minimum Gasteiger partial charge on any atom is -0.506 e. The molecular formula is C19H13Br2F3N2O3. The van der Waals surface area contributed by atoms with Gasteiger partial charge in [-0.05, 0) is 49.6 Å². The van der Waals surface area contributed by atoms with Crippen molar-refractivity contribution in [3.8, 4) is 17.1 Å². The molecule has 0 unspecified atom stereocenters. The normalized spacial score (nSPS) is 11.5. The van der Waals surface area contributed by atoms with Gasteiger partial charge >= 0.3 is 6.30 Å². The molecule has 1 N–H and O–H groups in total. The number of amides is 1. The van der Waals surface area contributed by atoms with Gasteiger partial charge in [-0.25, -0.2) is 0 Å². The molecule has 29 heavy (non-hydrogen) atoms. The average Bonchev–Trinajstić information content (AvgIpc) is 3.08. The molecule has 0 atom stereocenters. The van der Waals surface area contributed by atoms with E-state index in [9.17, 15) is 23.1 Å². The van der Waals surface area contributed by atoms with E-state index in [-0.39, 0.29) is 28.4 Å². The summed E-state index contributed by atoms with van der Waals surface area (Å²) in [5.74, 6) is -1.24. The largest absolute Gasteiger partial charge is 0.506 e. The maximum absolute atomic E-state index is 13.0. The lowest BCUT2D eigenvalue weighted by Crippen LogP contribution is -2.40. The van der Waals surface area contributed by atoms with Crippen molar-refractivity contribution in [3.05, 3.63) is 68.2 Å². The summed E-state index contributed by atoms with van der Waals surface area (Å²) in [5.41, 5.74) is 0.969. The van der Waals surface area contributed by atoms with Crippen LogP contribution in [0.3, 0.4) is 0 Å². The van der Waals surface area contributed by atoms with Gasteiger partial charge in [0.05, 0.1) is 8.95 Å². The number of aromatic nitrogens is 1. The first-order valence-corrected chi connectivity index (χ1v) is 9.74. The van der Waals surface area contributed by atoms with Gasteiger partial charge in [-0.3, -0.25) is 9.69 Å². The zero-order chi connectivity index (χ0) is 21.3. The number of carbonyl (C=O) groups is 1. The molecule has 0 aliphatic heterocycles. The first-order valence-electron chi connectivity index (χ1n) is 8.15. The van der Waals surface area contributed by atoms with Crippen LogP contribution >= 0.6 is 31.9 Å². The molecule has 10 heteroatoms. The Morgan fingerprint density at radius 2 is 1.76 bits per heavy atom. The summed E-state index contributed by atoms with van der Waals surface area (Å²) in [6, 6.07) is 12.0. The quantitative estimate of drug-likeness (QED) is 0.433. The number of phenols is 1. The Balaban J connectivity index is 2.15. The average molecular weight is 534 g/mol. The standard InChI is InChI=1S/C19H13Br2F3N2O3/c1-26(19(22,23)24)18(28)15-12(7-10-5-3-2-4-6-10)17(29-25-15)11-8-13(20)16(27)14(21)9-11/h2-6,8-9,27H,7H2,1H3. The van der Waals surface area contributed by atoms with E-state index in [1.54, 1.807) is 30.3 Å². The van der Waals surface area contributed by atoms with Crippen LogP contribution in [0.5, 0.6) is 5.75 Å². The molecule has 0 aliphatic carbocycles. The van der Waals surface area contributed by atoms with Crippen molar-refractivity contribution in [2.24, 2.45) is 0 Å². The van der Waals surface area contributed by atoms with E-state index in [0.717, 1.165) is 5.56 Å². The van der Waals surface area contributed by atoms with Crippen molar-refractivity contribution in [1.29, 1.82) is 0 Å².